The van der Waals surface area contributed by atoms with Crippen molar-refractivity contribution in [2.75, 3.05) is 13.1 Å². The van der Waals surface area contributed by atoms with E-state index in [0.29, 0.717) is 32.1 Å². The van der Waals surface area contributed by atoms with Gasteiger partial charge in [0.05, 0.1) is 37.1 Å². The Morgan fingerprint density at radius 1 is 1.09 bits per heavy atom. The van der Waals surface area contributed by atoms with Gasteiger partial charge in [0.25, 0.3) is 0 Å². The molecule has 3 aliphatic rings. The van der Waals surface area contributed by atoms with E-state index in [1.54, 1.807) is 4.90 Å². The first-order valence-corrected chi connectivity index (χ1v) is 11.1. The average molecular weight is 466 g/mol. The van der Waals surface area contributed by atoms with Gasteiger partial charge in [-0.25, -0.2) is 0 Å². The molecule has 3 fully saturated rings. The van der Waals surface area contributed by atoms with E-state index in [1.165, 1.54) is 0 Å². The molecule has 0 aromatic heterocycles. The van der Waals surface area contributed by atoms with Gasteiger partial charge in [0.15, 0.2) is 11.7 Å². The third-order valence-corrected chi connectivity index (χ3v) is 6.32. The molecule has 3 amide bonds. The summed E-state index contributed by atoms with van der Waals surface area (Å²) >= 11 is 0. The molecular weight excluding hydrogens is 434 g/mol. The van der Waals surface area contributed by atoms with Crippen molar-refractivity contribution >= 4 is 35.4 Å². The number of carboxylic acids is 1. The first-order valence-electron chi connectivity index (χ1n) is 11.1. The lowest BCUT2D eigenvalue weighted by atomic mass is 9.95. The first kappa shape index (κ1) is 24.4. The highest BCUT2D eigenvalue weighted by molar-refractivity contribution is 5.98. The topological polar surface area (TPSA) is 209 Å². The van der Waals surface area contributed by atoms with Gasteiger partial charge >= 0.3 is 5.97 Å². The van der Waals surface area contributed by atoms with E-state index in [4.69, 9.17) is 11.5 Å². The first-order chi connectivity index (χ1) is 15.7. The van der Waals surface area contributed by atoms with Crippen molar-refractivity contribution in [2.45, 2.75) is 75.2 Å². The number of nitrogens with zero attached hydrogens (tertiary/aromatic N) is 2. The predicted molar refractivity (Wildman–Crippen MR) is 116 cm³/mol. The van der Waals surface area contributed by atoms with Crippen molar-refractivity contribution in [1.82, 2.24) is 20.9 Å². The van der Waals surface area contributed by atoms with Gasteiger partial charge < -0.3 is 32.1 Å². The minimum absolute atomic E-state index is 0.0741. The molecule has 3 rings (SSSR count). The number of aliphatic imine (C=N–C) groups is 1. The van der Waals surface area contributed by atoms with Gasteiger partial charge in [0.1, 0.15) is 0 Å². The maximum absolute atomic E-state index is 13.4. The van der Waals surface area contributed by atoms with Gasteiger partial charge in [-0.3, -0.25) is 34.3 Å². The lowest BCUT2D eigenvalue weighted by Crippen LogP contribution is -2.61. The van der Waals surface area contributed by atoms with Crippen molar-refractivity contribution in [3.05, 3.63) is 0 Å². The highest BCUT2D eigenvalue weighted by Gasteiger charge is 2.48. The van der Waals surface area contributed by atoms with Crippen molar-refractivity contribution in [1.29, 1.82) is 0 Å². The third-order valence-electron chi connectivity index (χ3n) is 6.32. The van der Waals surface area contributed by atoms with Crippen molar-refractivity contribution in [3.63, 3.8) is 0 Å². The Morgan fingerprint density at radius 2 is 1.82 bits per heavy atom. The molecule has 2 bridgehead atoms. The fraction of sp³-hybridized carbons (Fsp3) is 0.700. The van der Waals surface area contributed by atoms with E-state index in [1.807, 2.05) is 0 Å². The molecule has 0 unspecified atom stereocenters. The summed E-state index contributed by atoms with van der Waals surface area (Å²) in [6.45, 7) is -0.151. The van der Waals surface area contributed by atoms with Crippen LogP contribution in [0.5, 0.6) is 0 Å². The Hall–Kier alpha value is -3.22. The zero-order chi connectivity index (χ0) is 24.1. The largest absolute Gasteiger partial charge is 0.481 e. The van der Waals surface area contributed by atoms with Crippen molar-refractivity contribution in [2.24, 2.45) is 16.5 Å². The molecule has 0 saturated carbocycles. The van der Waals surface area contributed by atoms with Crippen LogP contribution in [0.1, 0.15) is 44.9 Å². The van der Waals surface area contributed by atoms with Gasteiger partial charge in [-0.1, -0.05) is 0 Å². The van der Waals surface area contributed by atoms with Crippen molar-refractivity contribution < 1.29 is 29.1 Å². The van der Waals surface area contributed by atoms with Gasteiger partial charge in [-0.15, -0.1) is 0 Å². The summed E-state index contributed by atoms with van der Waals surface area (Å²) < 4.78 is 0. The predicted octanol–water partition coefficient (Wildman–Crippen LogP) is -2.82. The van der Waals surface area contributed by atoms with E-state index < -0.39 is 54.9 Å². The number of amides is 3. The number of carbonyl (C=O) groups excluding carboxylic acids is 4. The molecule has 0 spiro atoms. The summed E-state index contributed by atoms with van der Waals surface area (Å²) in [6, 6.07) is -3.63. The smallest absolute Gasteiger partial charge is 0.305 e. The number of aliphatic carboxylic acids is 1. The van der Waals surface area contributed by atoms with Gasteiger partial charge in [-0.2, -0.15) is 0 Å². The van der Waals surface area contributed by atoms with E-state index in [0.717, 1.165) is 0 Å². The zero-order valence-electron chi connectivity index (χ0n) is 18.3. The standard InChI is InChI=1S/C20H31N7O6/c21-20(22)23-7-1-2-11-17(31)14-6-4-10-3-5-12(19(33)27(10)14)25-13(8-16(29)30)18(32)24-9-15(28)26-11/h10-14,25H,1-9H2,(H,24,32)(H,26,28)(H,29,30)(H4,21,22,23)/t10-,11+,12-,13+,14+/m1/s1. The zero-order valence-corrected chi connectivity index (χ0v) is 18.3. The van der Waals surface area contributed by atoms with Crippen LogP contribution in [0.25, 0.3) is 0 Å². The number of nitrogens with two attached hydrogens (primary N) is 2. The molecule has 5 atom stereocenters. The quantitative estimate of drug-likeness (QED) is 0.135. The summed E-state index contributed by atoms with van der Waals surface area (Å²) in [5.74, 6) is -3.17. The van der Waals surface area contributed by atoms with Crippen LogP contribution in [0, 0.1) is 0 Å². The van der Waals surface area contributed by atoms with Gasteiger partial charge in [0, 0.05) is 12.6 Å². The fourth-order valence-corrected chi connectivity index (χ4v) is 4.80. The SMILES string of the molecule is NC(N)=NCCC[C@@H]1NC(=O)CNC(=O)[C@H](CC(=O)O)N[C@@H]2CC[C@@H]3CC[C@@H](C1=O)N3C2=O. The number of hydrogen-bond acceptors (Lipinski definition) is 7. The van der Waals surface area contributed by atoms with Crippen LogP contribution in [0.4, 0.5) is 0 Å². The number of carbonyl (C=O) groups is 5. The van der Waals surface area contributed by atoms with Gasteiger partial charge in [-0.05, 0) is 38.5 Å². The summed E-state index contributed by atoms with van der Waals surface area (Å²) in [5, 5.41) is 17.1. The molecule has 33 heavy (non-hydrogen) atoms. The fourth-order valence-electron chi connectivity index (χ4n) is 4.80. The molecule has 3 aliphatic heterocycles. The normalized spacial score (nSPS) is 30.4. The molecule has 0 radical (unpaired) electrons. The summed E-state index contributed by atoms with van der Waals surface area (Å²) in [6.07, 6.45) is 2.37. The number of piperidine rings is 1. The number of nitrogens with one attached hydrogen (secondary N) is 3. The molecule has 3 saturated heterocycles. The molecule has 8 N–H and O–H groups in total. The lowest BCUT2D eigenvalue weighted by molar-refractivity contribution is -0.146. The highest BCUT2D eigenvalue weighted by Crippen LogP contribution is 2.34. The monoisotopic (exact) mass is 465 g/mol. The average Bonchev–Trinajstić information content (AvgIpc) is 3.18. The Labute approximate surface area is 190 Å². The minimum Gasteiger partial charge on any atom is -0.481 e. The van der Waals surface area contributed by atoms with Crippen molar-refractivity contribution in [3.8, 4) is 0 Å². The van der Waals surface area contributed by atoms with Crippen LogP contribution in [0.15, 0.2) is 4.99 Å². The number of guanidine groups is 1. The summed E-state index contributed by atoms with van der Waals surface area (Å²) in [5.41, 5.74) is 10.7. The van der Waals surface area contributed by atoms with Gasteiger partial charge in [0.2, 0.25) is 17.7 Å². The molecule has 13 heteroatoms. The number of rotatable bonds is 6. The van der Waals surface area contributed by atoms with Crippen LogP contribution in [0.2, 0.25) is 0 Å². The molecule has 0 aromatic rings. The number of hydrogen-bond donors (Lipinski definition) is 6. The Balaban J connectivity index is 1.86. The minimum atomic E-state index is -1.22. The van der Waals surface area contributed by atoms with Crippen LogP contribution in [-0.2, 0) is 24.0 Å². The molecule has 0 aliphatic carbocycles. The van der Waals surface area contributed by atoms with E-state index in [-0.39, 0.29) is 36.7 Å². The van der Waals surface area contributed by atoms with E-state index >= 15 is 0 Å². The Morgan fingerprint density at radius 3 is 2.52 bits per heavy atom. The Kier molecular flexibility index (Phi) is 7.84. The van der Waals surface area contributed by atoms with Crippen LogP contribution in [0.3, 0.4) is 0 Å². The van der Waals surface area contributed by atoms with E-state index in [2.05, 4.69) is 20.9 Å². The summed E-state index contributed by atoms with van der Waals surface area (Å²) in [7, 11) is 0. The Bertz CT molecular complexity index is 843. The molecule has 13 nitrogen and oxygen atoms in total. The van der Waals surface area contributed by atoms with E-state index in [9.17, 15) is 29.1 Å². The second-order valence-corrected chi connectivity index (χ2v) is 8.63. The van der Waals surface area contributed by atoms with Crippen LogP contribution < -0.4 is 27.4 Å². The molecule has 182 valence electrons. The second kappa shape index (κ2) is 10.6. The third kappa shape index (κ3) is 5.97. The maximum atomic E-state index is 13.4. The second-order valence-electron chi connectivity index (χ2n) is 8.63. The molecular formula is C20H31N7O6. The number of carboxylic acid groups (broad SMARTS) is 1. The maximum Gasteiger partial charge on any atom is 0.305 e. The molecule has 3 heterocycles. The number of ketones is 1. The van der Waals surface area contributed by atoms with Crippen LogP contribution >= 0.6 is 0 Å². The number of fused-ring (bicyclic) bond motifs is 1. The van der Waals surface area contributed by atoms with Crippen LogP contribution in [-0.4, -0.2) is 88.7 Å². The molecule has 0 aromatic carbocycles. The lowest BCUT2D eigenvalue weighted by Gasteiger charge is -2.39. The highest BCUT2D eigenvalue weighted by atomic mass is 16.4. The summed E-state index contributed by atoms with van der Waals surface area (Å²) in [4.78, 5) is 68.5. The number of Topliss-reactive ketones (excluding diaryl/α,β-unsaturated/α-hetero) is 1.